The van der Waals surface area contributed by atoms with Crippen molar-refractivity contribution >= 4 is 47.0 Å². The SMILES string of the molecule is CCOC(=O)/C=C/c1c(Sc2cc(Cl)cc(Cl)c2)n(C(C)C)c(=O)n1C. The Morgan fingerprint density at radius 1 is 1.27 bits per heavy atom. The van der Waals surface area contributed by atoms with Crippen molar-refractivity contribution in [2.45, 2.75) is 36.7 Å². The number of hydrogen-bond acceptors (Lipinski definition) is 4. The molecule has 0 fully saturated rings. The molecule has 1 heterocycles. The summed E-state index contributed by atoms with van der Waals surface area (Å²) in [6.45, 7) is 5.88. The molecule has 0 saturated carbocycles. The maximum absolute atomic E-state index is 12.7. The number of carbonyl (C=O) groups is 1. The van der Waals surface area contributed by atoms with Crippen LogP contribution in [0.2, 0.25) is 10.0 Å². The zero-order valence-electron chi connectivity index (χ0n) is 15.0. The van der Waals surface area contributed by atoms with Gasteiger partial charge in [-0.1, -0.05) is 35.0 Å². The summed E-state index contributed by atoms with van der Waals surface area (Å²) in [7, 11) is 1.67. The summed E-state index contributed by atoms with van der Waals surface area (Å²) >= 11 is 13.5. The van der Waals surface area contributed by atoms with Crippen LogP contribution in [0.15, 0.2) is 39.0 Å². The lowest BCUT2D eigenvalue weighted by atomic mass is 10.3. The third kappa shape index (κ3) is 4.75. The first-order chi connectivity index (χ1) is 12.2. The first kappa shape index (κ1) is 20.7. The summed E-state index contributed by atoms with van der Waals surface area (Å²) in [6, 6.07) is 5.14. The number of ether oxygens (including phenoxy) is 1. The van der Waals surface area contributed by atoms with Crippen LogP contribution in [0.5, 0.6) is 0 Å². The molecule has 0 aliphatic carbocycles. The summed E-state index contributed by atoms with van der Waals surface area (Å²) in [5, 5.41) is 1.72. The average molecular weight is 415 g/mol. The van der Waals surface area contributed by atoms with Crippen LogP contribution in [0.3, 0.4) is 0 Å². The molecule has 0 N–H and O–H groups in total. The number of aromatic nitrogens is 2. The predicted octanol–water partition coefficient (Wildman–Crippen LogP) is 4.80. The van der Waals surface area contributed by atoms with Gasteiger partial charge in [0.05, 0.1) is 12.3 Å². The van der Waals surface area contributed by atoms with Gasteiger partial charge in [0.1, 0.15) is 5.03 Å². The van der Waals surface area contributed by atoms with Gasteiger partial charge in [-0.05, 0) is 45.0 Å². The Balaban J connectivity index is 2.55. The summed E-state index contributed by atoms with van der Waals surface area (Å²) in [5.41, 5.74) is 0.442. The van der Waals surface area contributed by atoms with E-state index in [0.29, 0.717) is 20.8 Å². The molecule has 140 valence electrons. The molecule has 1 aromatic heterocycles. The number of hydrogen-bond donors (Lipinski definition) is 0. The molecule has 8 heteroatoms. The number of carbonyl (C=O) groups excluding carboxylic acids is 1. The number of halogens is 2. The van der Waals surface area contributed by atoms with Gasteiger partial charge in [-0.25, -0.2) is 9.59 Å². The van der Waals surface area contributed by atoms with E-state index in [0.717, 1.165) is 4.90 Å². The summed E-state index contributed by atoms with van der Waals surface area (Å²) in [5.74, 6) is -0.459. The molecule has 1 aromatic carbocycles. The number of nitrogens with zero attached hydrogens (tertiary/aromatic N) is 2. The van der Waals surface area contributed by atoms with Gasteiger partial charge in [0.2, 0.25) is 0 Å². The molecule has 2 aromatic rings. The van der Waals surface area contributed by atoms with Crippen molar-refractivity contribution < 1.29 is 9.53 Å². The monoisotopic (exact) mass is 414 g/mol. The fourth-order valence-electron chi connectivity index (χ4n) is 2.39. The number of imidazole rings is 1. The Bertz CT molecular complexity index is 880. The number of benzene rings is 1. The third-order valence-electron chi connectivity index (χ3n) is 3.52. The highest BCUT2D eigenvalue weighted by Crippen LogP contribution is 2.35. The van der Waals surface area contributed by atoms with Gasteiger partial charge >= 0.3 is 11.7 Å². The highest BCUT2D eigenvalue weighted by atomic mass is 35.5. The number of esters is 1. The Morgan fingerprint density at radius 3 is 2.42 bits per heavy atom. The van der Waals surface area contributed by atoms with Crippen LogP contribution in [0.1, 0.15) is 32.5 Å². The van der Waals surface area contributed by atoms with Gasteiger partial charge in [0, 0.05) is 34.1 Å². The Kier molecular flexibility index (Phi) is 7.03. The molecule has 0 spiro atoms. The molecule has 0 aliphatic heterocycles. The molecular formula is C18H20Cl2N2O3S. The minimum absolute atomic E-state index is 0.0596. The van der Waals surface area contributed by atoms with Crippen molar-refractivity contribution in [2.24, 2.45) is 7.05 Å². The number of rotatable bonds is 6. The van der Waals surface area contributed by atoms with Crippen molar-refractivity contribution in [2.75, 3.05) is 6.61 Å². The van der Waals surface area contributed by atoms with E-state index in [1.165, 1.54) is 22.4 Å². The van der Waals surface area contributed by atoms with Crippen LogP contribution in [0, 0.1) is 0 Å². The first-order valence-corrected chi connectivity index (χ1v) is 9.61. The average Bonchev–Trinajstić information content (AvgIpc) is 2.75. The molecule has 5 nitrogen and oxygen atoms in total. The van der Waals surface area contributed by atoms with Crippen molar-refractivity contribution in [1.82, 2.24) is 9.13 Å². The first-order valence-electron chi connectivity index (χ1n) is 8.04. The van der Waals surface area contributed by atoms with Gasteiger partial charge in [-0.3, -0.25) is 9.13 Å². The lowest BCUT2D eigenvalue weighted by molar-refractivity contribution is -0.137. The molecular weight excluding hydrogens is 395 g/mol. The van der Waals surface area contributed by atoms with E-state index >= 15 is 0 Å². The quantitative estimate of drug-likeness (QED) is 0.502. The molecule has 2 rings (SSSR count). The summed E-state index contributed by atoms with van der Waals surface area (Å²) in [4.78, 5) is 25.1. The van der Waals surface area contributed by atoms with Crippen molar-refractivity contribution in [3.63, 3.8) is 0 Å². The fourth-order valence-corrected chi connectivity index (χ4v) is 4.34. The topological polar surface area (TPSA) is 53.2 Å². The molecule has 0 atom stereocenters. The lowest BCUT2D eigenvalue weighted by Gasteiger charge is -2.11. The van der Waals surface area contributed by atoms with E-state index < -0.39 is 5.97 Å². The standard InChI is InChI=1S/C18H20Cl2N2O3S/c1-5-25-16(23)7-6-15-17(22(11(2)3)18(24)21(15)4)26-14-9-12(19)8-13(20)10-14/h6-11H,5H2,1-4H3/b7-6+. The molecule has 0 unspecified atom stereocenters. The van der Waals surface area contributed by atoms with Gasteiger partial charge in [0.15, 0.2) is 0 Å². The smallest absolute Gasteiger partial charge is 0.330 e. The van der Waals surface area contributed by atoms with Crippen LogP contribution in [0.25, 0.3) is 6.08 Å². The van der Waals surface area contributed by atoms with Gasteiger partial charge in [-0.2, -0.15) is 0 Å². The maximum atomic E-state index is 12.7. The second kappa shape index (κ2) is 8.84. The van der Waals surface area contributed by atoms with E-state index in [4.69, 9.17) is 27.9 Å². The zero-order chi connectivity index (χ0) is 19.4. The largest absolute Gasteiger partial charge is 0.463 e. The Morgan fingerprint density at radius 2 is 1.88 bits per heavy atom. The maximum Gasteiger partial charge on any atom is 0.330 e. The summed E-state index contributed by atoms with van der Waals surface area (Å²) < 4.78 is 8.09. The van der Waals surface area contributed by atoms with E-state index in [9.17, 15) is 9.59 Å². The van der Waals surface area contributed by atoms with Crippen molar-refractivity contribution in [1.29, 1.82) is 0 Å². The van der Waals surface area contributed by atoms with E-state index in [2.05, 4.69) is 0 Å². The lowest BCUT2D eigenvalue weighted by Crippen LogP contribution is -2.24. The zero-order valence-corrected chi connectivity index (χ0v) is 17.3. The van der Waals surface area contributed by atoms with Gasteiger partial charge < -0.3 is 4.74 Å². The fraction of sp³-hybridized carbons (Fsp3) is 0.333. The van der Waals surface area contributed by atoms with Crippen LogP contribution >= 0.6 is 35.0 Å². The van der Waals surface area contributed by atoms with E-state index in [1.54, 1.807) is 42.8 Å². The Hall–Kier alpha value is -1.63. The minimum atomic E-state index is -0.459. The Labute approximate surface area is 166 Å². The molecule has 0 bridgehead atoms. The van der Waals surface area contributed by atoms with Gasteiger partial charge in [0.25, 0.3) is 0 Å². The molecule has 26 heavy (non-hydrogen) atoms. The second-order valence-corrected chi connectivity index (χ2v) is 7.72. The van der Waals surface area contributed by atoms with Crippen LogP contribution in [-0.2, 0) is 16.6 Å². The van der Waals surface area contributed by atoms with Crippen LogP contribution < -0.4 is 5.69 Å². The highest BCUT2D eigenvalue weighted by molar-refractivity contribution is 7.99. The van der Waals surface area contributed by atoms with Crippen molar-refractivity contribution in [3.8, 4) is 0 Å². The second-order valence-electron chi connectivity index (χ2n) is 5.79. The van der Waals surface area contributed by atoms with Crippen LogP contribution in [-0.4, -0.2) is 21.7 Å². The predicted molar refractivity (Wildman–Crippen MR) is 106 cm³/mol. The summed E-state index contributed by atoms with van der Waals surface area (Å²) in [6.07, 6.45) is 2.91. The van der Waals surface area contributed by atoms with Gasteiger partial charge in [-0.15, -0.1) is 0 Å². The molecule has 0 saturated heterocycles. The molecule has 0 aliphatic rings. The third-order valence-corrected chi connectivity index (χ3v) is 5.03. The minimum Gasteiger partial charge on any atom is -0.463 e. The molecule has 0 amide bonds. The van der Waals surface area contributed by atoms with E-state index in [1.807, 2.05) is 13.8 Å². The van der Waals surface area contributed by atoms with E-state index in [-0.39, 0.29) is 18.3 Å². The highest BCUT2D eigenvalue weighted by Gasteiger charge is 2.20. The van der Waals surface area contributed by atoms with Crippen molar-refractivity contribution in [3.05, 3.63) is 50.5 Å². The normalized spacial score (nSPS) is 11.5. The van der Waals surface area contributed by atoms with Crippen LogP contribution in [0.4, 0.5) is 0 Å². The molecule has 0 radical (unpaired) electrons.